The van der Waals surface area contributed by atoms with E-state index in [-0.39, 0.29) is 19.1 Å². The number of rotatable bonds is 4. The molecule has 0 fully saturated rings. The lowest BCUT2D eigenvalue weighted by Crippen LogP contribution is -2.38. The van der Waals surface area contributed by atoms with Gasteiger partial charge in [0.15, 0.2) is 0 Å². The average Bonchev–Trinajstić information content (AvgIpc) is 2.35. The van der Waals surface area contributed by atoms with Gasteiger partial charge in [-0.1, -0.05) is 0 Å². The van der Waals surface area contributed by atoms with Gasteiger partial charge in [0.25, 0.3) is 0 Å². The molecule has 0 bridgehead atoms. The molecule has 1 amide bonds. The molecule has 110 valence electrons. The predicted octanol–water partition coefficient (Wildman–Crippen LogP) is 3.15. The van der Waals surface area contributed by atoms with Crippen LogP contribution in [0, 0.1) is 3.57 Å². The first-order valence-corrected chi connectivity index (χ1v) is 7.18. The molecule has 0 aliphatic carbocycles. The summed E-state index contributed by atoms with van der Waals surface area (Å²) in [6, 6.07) is 5.70. The van der Waals surface area contributed by atoms with E-state index in [1.165, 1.54) is 4.90 Å². The summed E-state index contributed by atoms with van der Waals surface area (Å²) in [5, 5.41) is 0. The maximum absolute atomic E-state index is 12.0. The van der Waals surface area contributed by atoms with Crippen molar-refractivity contribution in [2.45, 2.75) is 19.0 Å². The fourth-order valence-electron chi connectivity index (χ4n) is 2.12. The lowest BCUT2D eigenvalue weighted by Gasteiger charge is -2.29. The molecule has 1 aliphatic heterocycles. The molecule has 1 aromatic rings. The second kappa shape index (κ2) is 6.30. The van der Waals surface area contributed by atoms with Crippen LogP contribution in [-0.4, -0.2) is 31.8 Å². The Kier molecular flexibility index (Phi) is 4.90. The second-order valence-corrected chi connectivity index (χ2v) is 5.73. The standard InChI is InChI=1S/C13H13F3INO2/c14-13(15,16)8-20-6-5-18-11-3-2-10(17)7-9(11)1-4-12(18)19/h2-3,7H,1,4-6,8H2. The summed E-state index contributed by atoms with van der Waals surface area (Å²) < 4.78 is 41.6. The molecule has 0 saturated carbocycles. The van der Waals surface area contributed by atoms with Gasteiger partial charge in [-0.2, -0.15) is 13.2 Å². The summed E-state index contributed by atoms with van der Waals surface area (Å²) in [4.78, 5) is 13.4. The van der Waals surface area contributed by atoms with Crippen LogP contribution in [0.3, 0.4) is 0 Å². The number of nitrogens with zero attached hydrogens (tertiary/aromatic N) is 1. The van der Waals surface area contributed by atoms with Gasteiger partial charge in [-0.3, -0.25) is 4.79 Å². The van der Waals surface area contributed by atoms with Crippen LogP contribution in [-0.2, 0) is 16.0 Å². The maximum Gasteiger partial charge on any atom is 0.411 e. The van der Waals surface area contributed by atoms with E-state index >= 15 is 0 Å². The Morgan fingerprint density at radius 2 is 2.05 bits per heavy atom. The second-order valence-electron chi connectivity index (χ2n) is 4.49. The minimum absolute atomic E-state index is 0.0747. The number of anilines is 1. The third kappa shape index (κ3) is 4.08. The molecule has 1 heterocycles. The molecule has 1 aromatic carbocycles. The van der Waals surface area contributed by atoms with Gasteiger partial charge in [0.1, 0.15) is 6.61 Å². The fraction of sp³-hybridized carbons (Fsp3) is 0.462. The van der Waals surface area contributed by atoms with Crippen molar-refractivity contribution in [3.63, 3.8) is 0 Å². The minimum Gasteiger partial charge on any atom is -0.370 e. The Bertz CT molecular complexity index is 505. The molecule has 0 N–H and O–H groups in total. The van der Waals surface area contributed by atoms with Crippen LogP contribution < -0.4 is 4.90 Å². The quantitative estimate of drug-likeness (QED) is 0.575. The monoisotopic (exact) mass is 399 g/mol. The third-order valence-corrected chi connectivity index (χ3v) is 3.64. The number of carbonyl (C=O) groups excluding carboxylic acids is 1. The number of benzene rings is 1. The topological polar surface area (TPSA) is 29.5 Å². The van der Waals surface area contributed by atoms with E-state index < -0.39 is 12.8 Å². The van der Waals surface area contributed by atoms with Crippen LogP contribution in [0.25, 0.3) is 0 Å². The average molecular weight is 399 g/mol. The molecular formula is C13H13F3INO2. The molecule has 1 aliphatic rings. The van der Waals surface area contributed by atoms with Gasteiger partial charge >= 0.3 is 6.18 Å². The van der Waals surface area contributed by atoms with Gasteiger partial charge in [0.2, 0.25) is 5.91 Å². The van der Waals surface area contributed by atoms with Crippen molar-refractivity contribution in [1.29, 1.82) is 0 Å². The number of amides is 1. The molecule has 0 spiro atoms. The van der Waals surface area contributed by atoms with Gasteiger partial charge in [-0.05, 0) is 52.8 Å². The van der Waals surface area contributed by atoms with Crippen molar-refractivity contribution < 1.29 is 22.7 Å². The van der Waals surface area contributed by atoms with E-state index in [0.29, 0.717) is 12.8 Å². The van der Waals surface area contributed by atoms with E-state index in [1.54, 1.807) is 0 Å². The zero-order valence-electron chi connectivity index (χ0n) is 10.5. The van der Waals surface area contributed by atoms with Crippen LogP contribution in [0.1, 0.15) is 12.0 Å². The molecule has 3 nitrogen and oxygen atoms in total. The van der Waals surface area contributed by atoms with E-state index in [2.05, 4.69) is 27.3 Å². The number of fused-ring (bicyclic) bond motifs is 1. The van der Waals surface area contributed by atoms with Gasteiger partial charge < -0.3 is 9.64 Å². The first-order chi connectivity index (χ1) is 9.37. The highest BCUT2D eigenvalue weighted by Gasteiger charge is 2.28. The van der Waals surface area contributed by atoms with E-state index in [9.17, 15) is 18.0 Å². The van der Waals surface area contributed by atoms with Crippen molar-refractivity contribution in [1.82, 2.24) is 0 Å². The van der Waals surface area contributed by atoms with Crippen molar-refractivity contribution in [3.8, 4) is 0 Å². The summed E-state index contributed by atoms with van der Waals surface area (Å²) in [6.45, 7) is -1.27. The largest absolute Gasteiger partial charge is 0.411 e. The number of halogens is 4. The number of alkyl halides is 3. The fourth-order valence-corrected chi connectivity index (χ4v) is 2.67. The normalized spacial score (nSPS) is 15.4. The first kappa shape index (κ1) is 15.6. The van der Waals surface area contributed by atoms with Gasteiger partial charge in [-0.15, -0.1) is 0 Å². The lowest BCUT2D eigenvalue weighted by molar-refractivity contribution is -0.173. The zero-order chi connectivity index (χ0) is 14.8. The van der Waals surface area contributed by atoms with Gasteiger partial charge in [-0.25, -0.2) is 0 Å². The number of ether oxygens (including phenoxy) is 1. The first-order valence-electron chi connectivity index (χ1n) is 6.10. The van der Waals surface area contributed by atoms with E-state index in [4.69, 9.17) is 0 Å². The number of aryl methyl sites for hydroxylation is 1. The molecule has 2 rings (SSSR count). The van der Waals surface area contributed by atoms with Gasteiger partial charge in [0.05, 0.1) is 6.61 Å². The zero-order valence-corrected chi connectivity index (χ0v) is 12.7. The molecule has 20 heavy (non-hydrogen) atoms. The SMILES string of the molecule is O=C1CCc2cc(I)ccc2N1CCOCC(F)(F)F. The summed E-state index contributed by atoms with van der Waals surface area (Å²) in [5.74, 6) is -0.0747. The number of hydrogen-bond acceptors (Lipinski definition) is 2. The highest BCUT2D eigenvalue weighted by molar-refractivity contribution is 14.1. The predicted molar refractivity (Wildman–Crippen MR) is 76.7 cm³/mol. The summed E-state index contributed by atoms with van der Waals surface area (Å²) in [6.07, 6.45) is -3.28. The van der Waals surface area contributed by atoms with E-state index in [0.717, 1.165) is 14.8 Å². The Morgan fingerprint density at radius 1 is 1.30 bits per heavy atom. The maximum atomic E-state index is 12.0. The Hall–Kier alpha value is -0.830. The highest BCUT2D eigenvalue weighted by atomic mass is 127. The Labute approximate surface area is 128 Å². The van der Waals surface area contributed by atoms with Crippen molar-refractivity contribution in [3.05, 3.63) is 27.3 Å². The van der Waals surface area contributed by atoms with Crippen LogP contribution in [0.5, 0.6) is 0 Å². The number of carbonyl (C=O) groups is 1. The van der Waals surface area contributed by atoms with Crippen LogP contribution >= 0.6 is 22.6 Å². The summed E-state index contributed by atoms with van der Waals surface area (Å²) >= 11 is 2.19. The van der Waals surface area contributed by atoms with Crippen LogP contribution in [0.4, 0.5) is 18.9 Å². The van der Waals surface area contributed by atoms with E-state index in [1.807, 2.05) is 18.2 Å². The third-order valence-electron chi connectivity index (χ3n) is 2.97. The molecule has 0 atom stereocenters. The smallest absolute Gasteiger partial charge is 0.370 e. The molecular weight excluding hydrogens is 386 g/mol. The van der Waals surface area contributed by atoms with Crippen LogP contribution in [0.15, 0.2) is 18.2 Å². The highest BCUT2D eigenvalue weighted by Crippen LogP contribution is 2.29. The lowest BCUT2D eigenvalue weighted by atomic mass is 10.0. The number of hydrogen-bond donors (Lipinski definition) is 0. The Morgan fingerprint density at radius 3 is 2.75 bits per heavy atom. The summed E-state index contributed by atoms with van der Waals surface area (Å²) in [7, 11) is 0. The Balaban J connectivity index is 1.99. The molecule has 0 aromatic heterocycles. The van der Waals surface area contributed by atoms with Crippen molar-refractivity contribution >= 4 is 34.2 Å². The van der Waals surface area contributed by atoms with Gasteiger partial charge in [0, 0.05) is 22.2 Å². The van der Waals surface area contributed by atoms with Crippen molar-refractivity contribution in [2.75, 3.05) is 24.7 Å². The minimum atomic E-state index is -4.33. The molecule has 0 radical (unpaired) electrons. The van der Waals surface area contributed by atoms with Crippen molar-refractivity contribution in [2.24, 2.45) is 0 Å². The molecule has 7 heteroatoms. The molecule has 0 saturated heterocycles. The molecule has 0 unspecified atom stereocenters. The summed E-state index contributed by atoms with van der Waals surface area (Å²) in [5.41, 5.74) is 1.82. The van der Waals surface area contributed by atoms with Crippen LogP contribution in [0.2, 0.25) is 0 Å².